The van der Waals surface area contributed by atoms with Gasteiger partial charge in [0.2, 0.25) is 11.2 Å². The number of aromatic nitrogens is 6. The van der Waals surface area contributed by atoms with Gasteiger partial charge in [-0.05, 0) is 48.9 Å². The Morgan fingerprint density at radius 2 is 1.81 bits per heavy atom. The first-order valence-corrected chi connectivity index (χ1v) is 8.49. The van der Waals surface area contributed by atoms with Gasteiger partial charge in [-0.25, -0.2) is 15.0 Å². The van der Waals surface area contributed by atoms with Crippen LogP contribution in [0.1, 0.15) is 5.69 Å². The Morgan fingerprint density at radius 3 is 2.58 bits per heavy atom. The summed E-state index contributed by atoms with van der Waals surface area (Å²) < 4.78 is 1.84. The van der Waals surface area contributed by atoms with Crippen molar-refractivity contribution in [1.29, 1.82) is 0 Å². The van der Waals surface area contributed by atoms with Gasteiger partial charge in [0.25, 0.3) is 0 Å². The number of rotatable bonds is 3. The van der Waals surface area contributed by atoms with Crippen LogP contribution >= 0.6 is 23.2 Å². The first-order valence-electron chi connectivity index (χ1n) is 7.73. The Balaban J connectivity index is 1.93. The van der Waals surface area contributed by atoms with Crippen molar-refractivity contribution in [2.75, 3.05) is 4.90 Å². The lowest BCUT2D eigenvalue weighted by Gasteiger charge is -2.21. The molecule has 0 bridgehead atoms. The fourth-order valence-electron chi connectivity index (χ4n) is 2.69. The number of halogens is 2. The van der Waals surface area contributed by atoms with Gasteiger partial charge >= 0.3 is 0 Å². The molecule has 0 amide bonds. The summed E-state index contributed by atoms with van der Waals surface area (Å²) in [6.45, 7) is 2.02. The van der Waals surface area contributed by atoms with Crippen molar-refractivity contribution in [3.63, 3.8) is 0 Å². The summed E-state index contributed by atoms with van der Waals surface area (Å²) in [6, 6.07) is 9.25. The third-order valence-electron chi connectivity index (χ3n) is 4.02. The number of hydrogen-bond donors (Lipinski definition) is 0. The Morgan fingerprint density at radius 1 is 1.00 bits per heavy atom. The number of hydrogen-bond acceptors (Lipinski definition) is 6. The second kappa shape index (κ2) is 6.51. The van der Waals surface area contributed by atoms with Crippen LogP contribution in [0.5, 0.6) is 0 Å². The minimum Gasteiger partial charge on any atom is -0.272 e. The number of nitrogens with zero attached hydrogens (tertiary/aromatic N) is 7. The lowest BCUT2D eigenvalue weighted by molar-refractivity contribution is 0.751. The van der Waals surface area contributed by atoms with Crippen LogP contribution in [-0.2, 0) is 7.05 Å². The van der Waals surface area contributed by atoms with E-state index in [0.717, 1.165) is 22.3 Å². The van der Waals surface area contributed by atoms with Gasteiger partial charge in [-0.1, -0.05) is 11.6 Å². The van der Waals surface area contributed by atoms with Crippen molar-refractivity contribution in [2.45, 2.75) is 6.92 Å². The number of anilines is 3. The fraction of sp³-hybridized carbons (Fsp3) is 0.118. The van der Waals surface area contributed by atoms with Crippen LogP contribution in [0.25, 0.3) is 10.9 Å². The van der Waals surface area contributed by atoms with Gasteiger partial charge in [0.1, 0.15) is 11.0 Å². The Bertz CT molecular complexity index is 1060. The van der Waals surface area contributed by atoms with Crippen LogP contribution in [0.2, 0.25) is 10.4 Å². The standard InChI is InChI=1S/C17H13Cl2N7/c1-10-12-4-3-11(9-13(12)24-25(10)2)26(15-6-8-20-16(19)23-15)17-21-7-5-14(18)22-17/h3-9H,1-2H3. The molecule has 0 fully saturated rings. The molecule has 0 aliphatic rings. The third kappa shape index (κ3) is 2.95. The summed E-state index contributed by atoms with van der Waals surface area (Å²) in [4.78, 5) is 18.6. The maximum Gasteiger partial charge on any atom is 0.237 e. The van der Waals surface area contributed by atoms with Gasteiger partial charge in [0, 0.05) is 30.5 Å². The summed E-state index contributed by atoms with van der Waals surface area (Å²) >= 11 is 12.0. The molecule has 3 heterocycles. The quantitative estimate of drug-likeness (QED) is 0.387. The summed E-state index contributed by atoms with van der Waals surface area (Å²) in [6.07, 6.45) is 3.16. The molecule has 0 aliphatic carbocycles. The van der Waals surface area contributed by atoms with Crippen LogP contribution in [0.15, 0.2) is 42.7 Å². The van der Waals surface area contributed by atoms with E-state index in [1.807, 2.05) is 36.9 Å². The van der Waals surface area contributed by atoms with Crippen LogP contribution in [0.3, 0.4) is 0 Å². The molecule has 0 saturated heterocycles. The van der Waals surface area contributed by atoms with E-state index in [1.54, 1.807) is 29.4 Å². The zero-order valence-corrected chi connectivity index (χ0v) is 15.4. The van der Waals surface area contributed by atoms with E-state index in [-0.39, 0.29) is 5.28 Å². The Labute approximate surface area is 159 Å². The largest absolute Gasteiger partial charge is 0.272 e. The van der Waals surface area contributed by atoms with Crippen molar-refractivity contribution < 1.29 is 0 Å². The van der Waals surface area contributed by atoms with Gasteiger partial charge in [0.05, 0.1) is 11.2 Å². The third-order valence-corrected chi connectivity index (χ3v) is 4.41. The van der Waals surface area contributed by atoms with Crippen molar-refractivity contribution >= 4 is 51.6 Å². The molecule has 0 atom stereocenters. The highest BCUT2D eigenvalue weighted by atomic mass is 35.5. The minimum absolute atomic E-state index is 0.129. The number of benzene rings is 1. The van der Waals surface area contributed by atoms with E-state index in [2.05, 4.69) is 25.0 Å². The smallest absolute Gasteiger partial charge is 0.237 e. The molecule has 3 aromatic heterocycles. The molecule has 9 heteroatoms. The molecule has 0 radical (unpaired) electrons. The molecule has 0 N–H and O–H groups in total. The molecule has 4 aromatic rings. The molecule has 130 valence electrons. The van der Waals surface area contributed by atoms with E-state index in [9.17, 15) is 0 Å². The molecule has 1 aromatic carbocycles. The molecule has 26 heavy (non-hydrogen) atoms. The van der Waals surface area contributed by atoms with E-state index in [4.69, 9.17) is 23.2 Å². The molecule has 0 saturated carbocycles. The zero-order valence-electron chi connectivity index (χ0n) is 13.9. The van der Waals surface area contributed by atoms with Crippen LogP contribution in [0.4, 0.5) is 17.5 Å². The molecule has 0 spiro atoms. The normalized spacial score (nSPS) is 11.1. The van der Waals surface area contributed by atoms with Crippen LogP contribution in [-0.4, -0.2) is 29.7 Å². The molecular weight excluding hydrogens is 373 g/mol. The van der Waals surface area contributed by atoms with Gasteiger partial charge < -0.3 is 0 Å². The van der Waals surface area contributed by atoms with E-state index < -0.39 is 0 Å². The van der Waals surface area contributed by atoms with Crippen molar-refractivity contribution in [3.8, 4) is 0 Å². The Hall–Kier alpha value is -2.77. The van der Waals surface area contributed by atoms with Crippen molar-refractivity contribution in [3.05, 3.63) is 58.9 Å². The summed E-state index contributed by atoms with van der Waals surface area (Å²) in [5.74, 6) is 0.901. The highest BCUT2D eigenvalue weighted by Gasteiger charge is 2.19. The first-order chi connectivity index (χ1) is 12.5. The van der Waals surface area contributed by atoms with Gasteiger partial charge in [-0.15, -0.1) is 0 Å². The summed E-state index contributed by atoms with van der Waals surface area (Å²) in [7, 11) is 1.91. The van der Waals surface area contributed by atoms with E-state index >= 15 is 0 Å². The lowest BCUT2D eigenvalue weighted by atomic mass is 10.2. The first kappa shape index (κ1) is 16.7. The monoisotopic (exact) mass is 385 g/mol. The van der Waals surface area contributed by atoms with Gasteiger partial charge in [-0.3, -0.25) is 9.58 Å². The highest BCUT2D eigenvalue weighted by molar-refractivity contribution is 6.29. The fourth-order valence-corrected chi connectivity index (χ4v) is 2.97. The van der Waals surface area contributed by atoms with Crippen molar-refractivity contribution in [1.82, 2.24) is 29.7 Å². The average molecular weight is 386 g/mol. The van der Waals surface area contributed by atoms with E-state index in [1.165, 1.54) is 0 Å². The topological polar surface area (TPSA) is 72.6 Å². The summed E-state index contributed by atoms with van der Waals surface area (Å²) in [5.41, 5.74) is 2.73. The molecule has 0 aliphatic heterocycles. The molecule has 4 rings (SSSR count). The minimum atomic E-state index is 0.129. The second-order valence-corrected chi connectivity index (χ2v) is 6.33. The predicted octanol–water partition coefficient (Wildman–Crippen LogP) is 4.24. The highest BCUT2D eigenvalue weighted by Crippen LogP contribution is 2.33. The number of aryl methyl sites for hydroxylation is 2. The second-order valence-electron chi connectivity index (χ2n) is 5.61. The van der Waals surface area contributed by atoms with Crippen molar-refractivity contribution in [2.24, 2.45) is 7.05 Å². The summed E-state index contributed by atoms with van der Waals surface area (Å²) in [5, 5.41) is 6.07. The van der Waals surface area contributed by atoms with Gasteiger partial charge in [0.15, 0.2) is 0 Å². The van der Waals surface area contributed by atoms with Crippen LogP contribution in [0, 0.1) is 6.92 Å². The van der Waals surface area contributed by atoms with E-state index in [0.29, 0.717) is 16.9 Å². The maximum atomic E-state index is 6.06. The molecule has 0 unspecified atom stereocenters. The molecule has 7 nitrogen and oxygen atoms in total. The predicted molar refractivity (Wildman–Crippen MR) is 101 cm³/mol. The zero-order chi connectivity index (χ0) is 18.3. The lowest BCUT2D eigenvalue weighted by Crippen LogP contribution is -2.15. The SMILES string of the molecule is Cc1c2ccc(N(c3ccnc(Cl)n3)c3nccc(Cl)n3)cc2nn1C. The maximum absolute atomic E-state index is 6.06. The molecular formula is C17H13Cl2N7. The van der Waals surface area contributed by atoms with Crippen LogP contribution < -0.4 is 4.90 Å². The Kier molecular flexibility index (Phi) is 4.18. The van der Waals surface area contributed by atoms with Gasteiger partial charge in [-0.2, -0.15) is 10.1 Å². The average Bonchev–Trinajstić information content (AvgIpc) is 2.89. The number of fused-ring (bicyclic) bond motifs is 1.